The molecule has 2 saturated carbocycles. The van der Waals surface area contributed by atoms with Crippen LogP contribution in [0.2, 0.25) is 0 Å². The lowest BCUT2D eigenvalue weighted by Crippen LogP contribution is -2.21. The van der Waals surface area contributed by atoms with E-state index in [-0.39, 0.29) is 0 Å². The fourth-order valence-electron chi connectivity index (χ4n) is 1.19. The van der Waals surface area contributed by atoms with Gasteiger partial charge >= 0.3 is 0 Å². The van der Waals surface area contributed by atoms with Crippen LogP contribution in [0.4, 0.5) is 0 Å². The van der Waals surface area contributed by atoms with E-state index in [4.69, 9.17) is 10.2 Å². The van der Waals surface area contributed by atoms with E-state index < -0.39 is 5.79 Å². The van der Waals surface area contributed by atoms with Crippen LogP contribution in [0.15, 0.2) is 0 Å². The molecule has 0 spiro atoms. The molecule has 0 radical (unpaired) electrons. The minimum atomic E-state index is -1.31. The minimum absolute atomic E-state index is 0.562. The summed E-state index contributed by atoms with van der Waals surface area (Å²) in [6.07, 6.45) is 9.06. The van der Waals surface area contributed by atoms with Crippen molar-refractivity contribution in [3.8, 4) is 0 Å². The standard InChI is InChI=1S/C5H10O2.C4H8/c6-5(7)3-1-2-4-5;1-2-4-3-1/h6-7H,1-4H2;1-4H2. The molecular formula is C9H18O2. The van der Waals surface area contributed by atoms with Gasteiger partial charge in [-0.1, -0.05) is 25.7 Å². The molecule has 2 aliphatic rings. The second-order valence-electron chi connectivity index (χ2n) is 3.60. The molecule has 2 aliphatic carbocycles. The van der Waals surface area contributed by atoms with Crippen molar-refractivity contribution in [1.82, 2.24) is 0 Å². The van der Waals surface area contributed by atoms with Crippen molar-refractivity contribution in [2.24, 2.45) is 0 Å². The fourth-order valence-corrected chi connectivity index (χ4v) is 1.19. The largest absolute Gasteiger partial charge is 0.366 e. The van der Waals surface area contributed by atoms with Gasteiger partial charge in [-0.25, -0.2) is 0 Å². The highest BCUT2D eigenvalue weighted by Crippen LogP contribution is 2.25. The zero-order valence-corrected chi connectivity index (χ0v) is 7.05. The van der Waals surface area contributed by atoms with Gasteiger partial charge in [-0.15, -0.1) is 0 Å². The van der Waals surface area contributed by atoms with Crippen molar-refractivity contribution in [2.75, 3.05) is 0 Å². The van der Waals surface area contributed by atoms with Gasteiger partial charge in [-0.05, 0) is 12.8 Å². The molecule has 0 amide bonds. The zero-order chi connectivity index (χ0) is 8.16. The van der Waals surface area contributed by atoms with Crippen LogP contribution in [0.25, 0.3) is 0 Å². The van der Waals surface area contributed by atoms with Crippen LogP contribution in [-0.4, -0.2) is 16.0 Å². The van der Waals surface area contributed by atoms with E-state index in [1.807, 2.05) is 0 Å². The van der Waals surface area contributed by atoms with Crippen molar-refractivity contribution in [1.29, 1.82) is 0 Å². The van der Waals surface area contributed by atoms with Gasteiger partial charge in [0, 0.05) is 12.8 Å². The van der Waals surface area contributed by atoms with E-state index in [1.165, 1.54) is 25.7 Å². The summed E-state index contributed by atoms with van der Waals surface area (Å²) in [6, 6.07) is 0. The van der Waals surface area contributed by atoms with Crippen LogP contribution < -0.4 is 0 Å². The van der Waals surface area contributed by atoms with Crippen molar-refractivity contribution >= 4 is 0 Å². The van der Waals surface area contributed by atoms with Crippen molar-refractivity contribution < 1.29 is 10.2 Å². The van der Waals surface area contributed by atoms with Gasteiger partial charge in [0.1, 0.15) is 0 Å². The maximum absolute atomic E-state index is 8.75. The smallest absolute Gasteiger partial charge is 0.162 e. The summed E-state index contributed by atoms with van der Waals surface area (Å²) in [5.74, 6) is -1.31. The summed E-state index contributed by atoms with van der Waals surface area (Å²) in [7, 11) is 0. The number of aliphatic hydroxyl groups is 2. The number of hydrogen-bond acceptors (Lipinski definition) is 2. The van der Waals surface area contributed by atoms with Gasteiger partial charge in [0.2, 0.25) is 0 Å². The summed E-state index contributed by atoms with van der Waals surface area (Å²) < 4.78 is 0. The van der Waals surface area contributed by atoms with E-state index in [9.17, 15) is 0 Å². The summed E-state index contributed by atoms with van der Waals surface area (Å²) in [6.45, 7) is 0. The molecule has 11 heavy (non-hydrogen) atoms. The highest BCUT2D eigenvalue weighted by molar-refractivity contribution is 4.71. The Morgan fingerprint density at radius 3 is 1.09 bits per heavy atom. The molecule has 0 unspecified atom stereocenters. The Morgan fingerprint density at radius 1 is 0.636 bits per heavy atom. The van der Waals surface area contributed by atoms with Gasteiger partial charge in [-0.2, -0.15) is 0 Å². The monoisotopic (exact) mass is 158 g/mol. The molecule has 2 fully saturated rings. The third-order valence-corrected chi connectivity index (χ3v) is 2.40. The van der Waals surface area contributed by atoms with Crippen LogP contribution in [0, 0.1) is 0 Å². The fraction of sp³-hybridized carbons (Fsp3) is 1.00. The Kier molecular flexibility index (Phi) is 3.34. The van der Waals surface area contributed by atoms with E-state index in [1.54, 1.807) is 0 Å². The number of hydrogen-bond donors (Lipinski definition) is 2. The Labute approximate surface area is 68.2 Å². The maximum Gasteiger partial charge on any atom is 0.162 e. The van der Waals surface area contributed by atoms with Crippen molar-refractivity contribution in [3.63, 3.8) is 0 Å². The Morgan fingerprint density at radius 2 is 1.00 bits per heavy atom. The first-order valence-corrected chi connectivity index (χ1v) is 4.65. The molecule has 2 rings (SSSR count). The van der Waals surface area contributed by atoms with Crippen LogP contribution in [0.5, 0.6) is 0 Å². The molecule has 0 heterocycles. The zero-order valence-electron chi connectivity index (χ0n) is 7.05. The first kappa shape index (κ1) is 9.01. The summed E-state index contributed by atoms with van der Waals surface area (Å²) >= 11 is 0. The lowest BCUT2D eigenvalue weighted by Gasteiger charge is -2.11. The lowest BCUT2D eigenvalue weighted by molar-refractivity contribution is -0.152. The van der Waals surface area contributed by atoms with E-state index in [0.29, 0.717) is 12.8 Å². The molecule has 0 aromatic carbocycles. The van der Waals surface area contributed by atoms with Gasteiger partial charge in [0.15, 0.2) is 5.79 Å². The van der Waals surface area contributed by atoms with E-state index >= 15 is 0 Å². The van der Waals surface area contributed by atoms with Crippen LogP contribution in [0.1, 0.15) is 51.4 Å². The SMILES string of the molecule is C1CCC1.OC1(O)CCCC1. The van der Waals surface area contributed by atoms with E-state index in [2.05, 4.69) is 0 Å². The van der Waals surface area contributed by atoms with Crippen LogP contribution >= 0.6 is 0 Å². The van der Waals surface area contributed by atoms with Crippen molar-refractivity contribution in [3.05, 3.63) is 0 Å². The first-order chi connectivity index (χ1) is 5.21. The van der Waals surface area contributed by atoms with Gasteiger partial charge in [-0.3, -0.25) is 0 Å². The molecular weight excluding hydrogens is 140 g/mol. The molecule has 0 atom stereocenters. The van der Waals surface area contributed by atoms with Crippen LogP contribution in [0.3, 0.4) is 0 Å². The normalized spacial score (nSPS) is 26.7. The highest BCUT2D eigenvalue weighted by atomic mass is 16.5. The second-order valence-corrected chi connectivity index (χ2v) is 3.60. The third kappa shape index (κ3) is 3.73. The van der Waals surface area contributed by atoms with E-state index in [0.717, 1.165) is 12.8 Å². The quantitative estimate of drug-likeness (QED) is 0.528. The first-order valence-electron chi connectivity index (χ1n) is 4.65. The Bertz CT molecular complexity index is 94.1. The predicted molar refractivity (Wildman–Crippen MR) is 44.1 cm³/mol. The van der Waals surface area contributed by atoms with Gasteiger partial charge < -0.3 is 10.2 Å². The predicted octanol–water partition coefficient (Wildman–Crippen LogP) is 1.80. The van der Waals surface area contributed by atoms with Gasteiger partial charge in [0.25, 0.3) is 0 Å². The number of rotatable bonds is 0. The summed E-state index contributed by atoms with van der Waals surface area (Å²) in [4.78, 5) is 0. The minimum Gasteiger partial charge on any atom is -0.366 e. The molecule has 0 aromatic heterocycles. The summed E-state index contributed by atoms with van der Waals surface area (Å²) in [5.41, 5.74) is 0. The molecule has 66 valence electrons. The lowest BCUT2D eigenvalue weighted by atomic mass is 10.0. The third-order valence-electron chi connectivity index (χ3n) is 2.40. The molecule has 0 aromatic rings. The summed E-state index contributed by atoms with van der Waals surface area (Å²) in [5, 5.41) is 17.5. The second kappa shape index (κ2) is 4.07. The van der Waals surface area contributed by atoms with Gasteiger partial charge in [0.05, 0.1) is 0 Å². The Hall–Kier alpha value is -0.0800. The Balaban J connectivity index is 0.000000128. The molecule has 0 bridgehead atoms. The molecule has 0 saturated heterocycles. The molecule has 2 N–H and O–H groups in total. The molecule has 2 heteroatoms. The average molecular weight is 158 g/mol. The maximum atomic E-state index is 8.75. The molecule has 0 aliphatic heterocycles. The average Bonchev–Trinajstić information content (AvgIpc) is 2.08. The van der Waals surface area contributed by atoms with Crippen molar-refractivity contribution in [2.45, 2.75) is 57.2 Å². The molecule has 2 nitrogen and oxygen atoms in total. The van der Waals surface area contributed by atoms with Crippen LogP contribution in [-0.2, 0) is 0 Å². The topological polar surface area (TPSA) is 40.5 Å². The highest BCUT2D eigenvalue weighted by Gasteiger charge is 2.26.